The van der Waals surface area contributed by atoms with E-state index >= 15 is 0 Å². The maximum atomic E-state index is 13.2. The molecule has 0 bridgehead atoms. The molecule has 0 heterocycles. The average molecular weight is 259 g/mol. The lowest BCUT2D eigenvalue weighted by atomic mass is 10.0. The van der Waals surface area contributed by atoms with Gasteiger partial charge in [0.05, 0.1) is 11.1 Å². The van der Waals surface area contributed by atoms with Crippen molar-refractivity contribution >= 4 is 11.6 Å². The van der Waals surface area contributed by atoms with Crippen LogP contribution in [0.15, 0.2) is 18.2 Å². The van der Waals surface area contributed by atoms with Crippen LogP contribution in [0.1, 0.15) is 44.6 Å². The molecular formula is C14H20ClFO. The van der Waals surface area contributed by atoms with E-state index in [4.69, 9.17) is 11.6 Å². The van der Waals surface area contributed by atoms with E-state index < -0.39 is 11.9 Å². The highest BCUT2D eigenvalue weighted by Gasteiger charge is 2.10. The molecule has 1 aromatic rings. The van der Waals surface area contributed by atoms with E-state index in [-0.39, 0.29) is 5.02 Å². The number of halogens is 2. The minimum absolute atomic E-state index is 0.139. The van der Waals surface area contributed by atoms with Crippen LogP contribution in [-0.2, 0) is 6.42 Å². The number of hydrogen-bond donors (Lipinski definition) is 1. The second-order valence-corrected chi connectivity index (χ2v) is 4.80. The van der Waals surface area contributed by atoms with Gasteiger partial charge in [-0.3, -0.25) is 0 Å². The van der Waals surface area contributed by atoms with Crippen LogP contribution in [0, 0.1) is 5.82 Å². The molecule has 0 aliphatic carbocycles. The van der Waals surface area contributed by atoms with Gasteiger partial charge in [-0.1, -0.05) is 56.3 Å². The minimum atomic E-state index is -0.425. The molecule has 3 heteroatoms. The minimum Gasteiger partial charge on any atom is -0.393 e. The van der Waals surface area contributed by atoms with Crippen LogP contribution in [0.4, 0.5) is 4.39 Å². The van der Waals surface area contributed by atoms with Crippen molar-refractivity contribution in [1.82, 2.24) is 0 Å². The molecule has 0 fully saturated rings. The Bertz CT molecular complexity index is 341. The van der Waals surface area contributed by atoms with Crippen molar-refractivity contribution in [3.63, 3.8) is 0 Å². The zero-order valence-corrected chi connectivity index (χ0v) is 11.0. The van der Waals surface area contributed by atoms with Gasteiger partial charge < -0.3 is 5.11 Å². The first kappa shape index (κ1) is 14.5. The van der Waals surface area contributed by atoms with E-state index in [0.717, 1.165) is 19.3 Å². The van der Waals surface area contributed by atoms with Crippen molar-refractivity contribution < 1.29 is 9.50 Å². The molecule has 17 heavy (non-hydrogen) atoms. The van der Waals surface area contributed by atoms with Crippen LogP contribution < -0.4 is 0 Å². The predicted molar refractivity (Wildman–Crippen MR) is 69.9 cm³/mol. The van der Waals surface area contributed by atoms with Crippen LogP contribution in [0.25, 0.3) is 0 Å². The predicted octanol–water partition coefficient (Wildman–Crippen LogP) is 4.35. The molecule has 1 atom stereocenters. The Morgan fingerprint density at radius 1 is 1.29 bits per heavy atom. The summed E-state index contributed by atoms with van der Waals surface area (Å²) in [5.41, 5.74) is 0.689. The van der Waals surface area contributed by atoms with E-state index in [1.54, 1.807) is 12.1 Å². The first-order chi connectivity index (χ1) is 8.15. The van der Waals surface area contributed by atoms with E-state index in [2.05, 4.69) is 6.92 Å². The molecule has 0 saturated carbocycles. The second kappa shape index (κ2) is 7.67. The van der Waals surface area contributed by atoms with Gasteiger partial charge in [-0.2, -0.15) is 0 Å². The first-order valence-electron chi connectivity index (χ1n) is 6.26. The van der Waals surface area contributed by atoms with Gasteiger partial charge in [-0.15, -0.1) is 0 Å². The summed E-state index contributed by atoms with van der Waals surface area (Å²) in [7, 11) is 0. The highest BCUT2D eigenvalue weighted by molar-refractivity contribution is 6.31. The normalized spacial score (nSPS) is 12.7. The number of rotatable bonds is 7. The maximum absolute atomic E-state index is 13.2. The lowest BCUT2D eigenvalue weighted by Crippen LogP contribution is -2.10. The molecule has 1 nitrogen and oxygen atoms in total. The second-order valence-electron chi connectivity index (χ2n) is 4.42. The van der Waals surface area contributed by atoms with Crippen LogP contribution >= 0.6 is 11.6 Å². The molecule has 0 aliphatic rings. The van der Waals surface area contributed by atoms with Gasteiger partial charge in [0.1, 0.15) is 5.82 Å². The summed E-state index contributed by atoms with van der Waals surface area (Å²) in [6.07, 6.45) is 5.31. The largest absolute Gasteiger partial charge is 0.393 e. The summed E-state index contributed by atoms with van der Waals surface area (Å²) in [6.45, 7) is 2.16. The monoisotopic (exact) mass is 258 g/mol. The van der Waals surface area contributed by atoms with Crippen LogP contribution in [-0.4, -0.2) is 11.2 Å². The number of aliphatic hydroxyl groups excluding tert-OH is 1. The van der Waals surface area contributed by atoms with Gasteiger partial charge >= 0.3 is 0 Å². The Balaban J connectivity index is 2.39. The van der Waals surface area contributed by atoms with Crippen molar-refractivity contribution in [3.05, 3.63) is 34.6 Å². The first-order valence-corrected chi connectivity index (χ1v) is 6.64. The maximum Gasteiger partial charge on any atom is 0.142 e. The molecule has 1 N–H and O–H groups in total. The summed E-state index contributed by atoms with van der Waals surface area (Å²) in [4.78, 5) is 0. The van der Waals surface area contributed by atoms with Gasteiger partial charge in [-0.05, 0) is 24.5 Å². The Kier molecular flexibility index (Phi) is 6.53. The standard InChI is InChI=1S/C14H20ClFO/c1-2-3-4-5-8-12(17)10-11-7-6-9-13(16)14(11)15/h6-7,9,12,17H,2-5,8,10H2,1H3. The highest BCUT2D eigenvalue weighted by atomic mass is 35.5. The van der Waals surface area contributed by atoms with E-state index in [9.17, 15) is 9.50 Å². The number of unbranched alkanes of at least 4 members (excludes halogenated alkanes) is 3. The quantitative estimate of drug-likeness (QED) is 0.721. The van der Waals surface area contributed by atoms with Gasteiger partial charge in [-0.25, -0.2) is 4.39 Å². The lowest BCUT2D eigenvalue weighted by molar-refractivity contribution is 0.161. The van der Waals surface area contributed by atoms with Gasteiger partial charge in [0.2, 0.25) is 0 Å². The Hall–Kier alpha value is -0.600. The molecule has 0 spiro atoms. The third kappa shape index (κ3) is 5.05. The topological polar surface area (TPSA) is 20.2 Å². The SMILES string of the molecule is CCCCCCC(O)Cc1cccc(F)c1Cl. The number of benzene rings is 1. The Labute approximate surface area is 108 Å². The third-order valence-electron chi connectivity index (χ3n) is 2.88. The third-order valence-corrected chi connectivity index (χ3v) is 3.30. The fourth-order valence-corrected chi connectivity index (χ4v) is 2.07. The van der Waals surface area contributed by atoms with E-state index in [1.807, 2.05) is 0 Å². The van der Waals surface area contributed by atoms with Crippen molar-refractivity contribution in [2.24, 2.45) is 0 Å². The van der Waals surface area contributed by atoms with E-state index in [0.29, 0.717) is 12.0 Å². The fraction of sp³-hybridized carbons (Fsp3) is 0.571. The highest BCUT2D eigenvalue weighted by Crippen LogP contribution is 2.22. The molecule has 0 saturated heterocycles. The zero-order valence-electron chi connectivity index (χ0n) is 10.3. The van der Waals surface area contributed by atoms with Crippen molar-refractivity contribution in [1.29, 1.82) is 0 Å². The Morgan fingerprint density at radius 2 is 2.06 bits per heavy atom. The van der Waals surface area contributed by atoms with Crippen LogP contribution in [0.3, 0.4) is 0 Å². The number of hydrogen-bond acceptors (Lipinski definition) is 1. The average Bonchev–Trinajstić information content (AvgIpc) is 2.31. The van der Waals surface area contributed by atoms with Gasteiger partial charge in [0.15, 0.2) is 0 Å². The number of aliphatic hydroxyl groups is 1. The van der Waals surface area contributed by atoms with Crippen molar-refractivity contribution in [2.45, 2.75) is 51.6 Å². The summed E-state index contributed by atoms with van der Waals surface area (Å²) in [5, 5.41) is 9.98. The molecule has 1 aromatic carbocycles. The van der Waals surface area contributed by atoms with Gasteiger partial charge in [0.25, 0.3) is 0 Å². The molecule has 0 radical (unpaired) electrons. The fourth-order valence-electron chi connectivity index (χ4n) is 1.87. The smallest absolute Gasteiger partial charge is 0.142 e. The lowest BCUT2D eigenvalue weighted by Gasteiger charge is -2.11. The van der Waals surface area contributed by atoms with E-state index in [1.165, 1.54) is 18.9 Å². The van der Waals surface area contributed by atoms with Crippen LogP contribution in [0.2, 0.25) is 5.02 Å². The molecule has 1 rings (SSSR count). The van der Waals surface area contributed by atoms with Crippen molar-refractivity contribution in [3.8, 4) is 0 Å². The van der Waals surface area contributed by atoms with Gasteiger partial charge in [0, 0.05) is 0 Å². The van der Waals surface area contributed by atoms with Crippen molar-refractivity contribution in [2.75, 3.05) is 0 Å². The molecule has 96 valence electrons. The zero-order chi connectivity index (χ0) is 12.7. The molecular weight excluding hydrogens is 239 g/mol. The molecule has 0 aliphatic heterocycles. The van der Waals surface area contributed by atoms with Crippen LogP contribution in [0.5, 0.6) is 0 Å². The summed E-state index contributed by atoms with van der Waals surface area (Å²) in [5.74, 6) is -0.414. The summed E-state index contributed by atoms with van der Waals surface area (Å²) < 4.78 is 13.2. The summed E-state index contributed by atoms with van der Waals surface area (Å²) >= 11 is 5.83. The molecule has 0 aromatic heterocycles. The molecule has 1 unspecified atom stereocenters. The Morgan fingerprint density at radius 3 is 2.76 bits per heavy atom. The summed E-state index contributed by atoms with van der Waals surface area (Å²) in [6, 6.07) is 4.72. The molecule has 0 amide bonds.